The fourth-order valence-corrected chi connectivity index (χ4v) is 4.39. The number of unbranched alkanes of at least 4 members (excludes halogenated alkanes) is 2. The van der Waals surface area contributed by atoms with E-state index in [-0.39, 0.29) is 26.4 Å². The van der Waals surface area contributed by atoms with Gasteiger partial charge in [-0.3, -0.25) is 0 Å². The number of amides is 1. The molecule has 23 heavy (non-hydrogen) atoms. The number of carbonyl (C=O) groups excluding carboxylic acids is 1. The second-order valence-corrected chi connectivity index (χ2v) is 8.71. The van der Waals surface area contributed by atoms with Crippen LogP contribution in [0.5, 0.6) is 0 Å². The average molecular weight is 383 g/mol. The number of hydrogen-bond donors (Lipinski definition) is 1. The van der Waals surface area contributed by atoms with E-state index in [4.69, 9.17) is 4.74 Å². The number of carbonyl (C=O) groups is 1. The molecule has 2 rings (SSSR count). The monoisotopic (exact) mass is 384 g/mol. The molecule has 5 nitrogen and oxygen atoms in total. The van der Waals surface area contributed by atoms with Crippen LogP contribution in [0.3, 0.4) is 0 Å². The summed E-state index contributed by atoms with van der Waals surface area (Å²) >= 11 is 0.114. The molecule has 0 saturated heterocycles. The predicted octanol–water partition coefficient (Wildman–Crippen LogP) is 2.75. The Morgan fingerprint density at radius 2 is 1.96 bits per heavy atom. The van der Waals surface area contributed by atoms with Crippen LogP contribution in [0.15, 0.2) is 29.1 Å². The average Bonchev–Trinajstić information content (AvgIpc) is 2.78. The number of fused-ring (bicyclic) bond motifs is 1. The van der Waals surface area contributed by atoms with Gasteiger partial charge >= 0.3 is 142 Å². The molecule has 0 unspecified atom stereocenters. The third-order valence-electron chi connectivity index (χ3n) is 3.26. The zero-order valence-electron chi connectivity index (χ0n) is 13.9. The molecule has 0 atom stereocenters. The number of nitrogens with one attached hydrogen (secondary N) is 1. The van der Waals surface area contributed by atoms with Gasteiger partial charge in [-0.1, -0.05) is 0 Å². The van der Waals surface area contributed by atoms with Gasteiger partial charge in [-0.15, -0.1) is 0 Å². The van der Waals surface area contributed by atoms with Gasteiger partial charge in [0.25, 0.3) is 0 Å². The molecule has 1 N–H and O–H groups in total. The minimum absolute atomic E-state index is 0.114. The van der Waals surface area contributed by atoms with Crippen molar-refractivity contribution in [2.75, 3.05) is 6.54 Å². The van der Waals surface area contributed by atoms with Crippen LogP contribution in [0.2, 0.25) is 0 Å². The molecule has 2 aromatic rings. The van der Waals surface area contributed by atoms with Crippen molar-refractivity contribution in [2.45, 2.75) is 52.2 Å². The first-order chi connectivity index (χ1) is 10.9. The van der Waals surface area contributed by atoms with Crippen molar-refractivity contribution in [1.29, 1.82) is 0 Å². The van der Waals surface area contributed by atoms with Crippen molar-refractivity contribution in [3.63, 3.8) is 0 Å². The zero-order chi connectivity index (χ0) is 16.9. The summed E-state index contributed by atoms with van der Waals surface area (Å²) in [7, 11) is 0. The normalized spacial score (nSPS) is 11.6. The third kappa shape index (κ3) is 5.56. The molecule has 0 aliphatic carbocycles. The molecule has 0 aliphatic heterocycles. The number of aromatic nitrogens is 1. The van der Waals surface area contributed by atoms with Crippen molar-refractivity contribution in [3.05, 3.63) is 34.6 Å². The van der Waals surface area contributed by atoms with Gasteiger partial charge < -0.3 is 0 Å². The first-order valence-corrected chi connectivity index (χ1v) is 9.55. The van der Waals surface area contributed by atoms with E-state index in [0.29, 0.717) is 6.54 Å². The van der Waals surface area contributed by atoms with Crippen molar-refractivity contribution in [2.24, 2.45) is 0 Å². The van der Waals surface area contributed by atoms with E-state index in [0.717, 1.165) is 31.2 Å². The Morgan fingerprint density at radius 3 is 2.65 bits per heavy atom. The summed E-state index contributed by atoms with van der Waals surface area (Å²) in [5, 5.41) is 3.61. The van der Waals surface area contributed by atoms with Gasteiger partial charge in [0, 0.05) is 0 Å². The van der Waals surface area contributed by atoms with Crippen LogP contribution in [0, 0.1) is 0 Å². The maximum absolute atomic E-state index is 12.2. The zero-order valence-corrected chi connectivity index (χ0v) is 15.6. The minimum atomic E-state index is -0.461. The second-order valence-electron chi connectivity index (χ2n) is 6.48. The molecule has 0 saturated carbocycles. The Bertz CT molecular complexity index is 712. The van der Waals surface area contributed by atoms with E-state index < -0.39 is 5.60 Å². The fraction of sp³-hybridized carbons (Fsp3) is 0.529. The number of benzene rings is 1. The molecular weight excluding hydrogens is 359 g/mol. The summed E-state index contributed by atoms with van der Waals surface area (Å²) in [6, 6.07) is 7.85. The molecule has 6 heteroatoms. The Labute approximate surface area is 142 Å². The fourth-order valence-electron chi connectivity index (χ4n) is 2.23. The number of nitrogens with zero attached hydrogens (tertiary/aromatic N) is 1. The van der Waals surface area contributed by atoms with Gasteiger partial charge in [-0.25, -0.2) is 0 Å². The van der Waals surface area contributed by atoms with Crippen LogP contribution in [-0.4, -0.2) is 36.5 Å². The first-order valence-electron chi connectivity index (χ1n) is 7.92. The molecule has 0 bridgehead atoms. The van der Waals surface area contributed by atoms with Crippen molar-refractivity contribution >= 4 is 30.5 Å². The van der Waals surface area contributed by atoms with Crippen molar-refractivity contribution in [3.8, 4) is 0 Å². The van der Waals surface area contributed by atoms with E-state index >= 15 is 0 Å². The third-order valence-corrected chi connectivity index (χ3v) is 5.61. The van der Waals surface area contributed by atoms with Crippen LogP contribution in [0.25, 0.3) is 9.65 Å². The summed E-state index contributed by atoms with van der Waals surface area (Å²) in [5.74, 6) is 0. The summed E-state index contributed by atoms with van der Waals surface area (Å²) in [4.78, 5) is 23.7. The summed E-state index contributed by atoms with van der Waals surface area (Å²) < 4.78 is 8.31. The predicted molar refractivity (Wildman–Crippen MR) is 93.2 cm³/mol. The van der Waals surface area contributed by atoms with Gasteiger partial charge in [-0.2, -0.15) is 0 Å². The van der Waals surface area contributed by atoms with Crippen molar-refractivity contribution < 1.29 is 9.53 Å². The number of rotatable bonds is 6. The van der Waals surface area contributed by atoms with Gasteiger partial charge in [0.2, 0.25) is 0 Å². The standard InChI is InChI=1S/C17H24N2O3Se/c1-17(2,3)22-16(21)18-11-7-4-8-12-19-15(20)13-9-5-6-10-14(13)23-19/h5-6,9-10H,4,7-8,11-12H2,1-3H3,(H,18,21). The van der Waals surface area contributed by atoms with E-state index in [9.17, 15) is 9.59 Å². The molecule has 1 aromatic carbocycles. The van der Waals surface area contributed by atoms with E-state index in [1.807, 2.05) is 48.6 Å². The molecule has 126 valence electrons. The summed E-state index contributed by atoms with van der Waals surface area (Å²) in [6.45, 7) is 6.94. The van der Waals surface area contributed by atoms with Crippen LogP contribution < -0.4 is 10.9 Å². The Kier molecular flexibility index (Phi) is 6.08. The first kappa shape index (κ1) is 17.8. The van der Waals surface area contributed by atoms with Crippen molar-refractivity contribution in [1.82, 2.24) is 8.88 Å². The molecular formula is C17H24N2O3Se. The van der Waals surface area contributed by atoms with E-state index in [1.165, 1.54) is 4.26 Å². The van der Waals surface area contributed by atoms with Crippen LogP contribution in [-0.2, 0) is 11.3 Å². The quantitative estimate of drug-likeness (QED) is 0.617. The molecule has 0 radical (unpaired) electrons. The molecule has 1 aromatic heterocycles. The topological polar surface area (TPSA) is 60.3 Å². The Hall–Kier alpha value is -1.52. The van der Waals surface area contributed by atoms with Gasteiger partial charge in [-0.05, 0) is 0 Å². The van der Waals surface area contributed by atoms with E-state index in [1.54, 1.807) is 0 Å². The van der Waals surface area contributed by atoms with Gasteiger partial charge in [0.05, 0.1) is 0 Å². The number of alkyl carbamates (subject to hydrolysis) is 1. The van der Waals surface area contributed by atoms with Crippen LogP contribution in [0.1, 0.15) is 40.0 Å². The molecule has 0 fully saturated rings. The molecule has 0 aliphatic rings. The number of aryl methyl sites for hydroxylation is 1. The number of hydrogen-bond acceptors (Lipinski definition) is 3. The molecule has 1 amide bonds. The van der Waals surface area contributed by atoms with Gasteiger partial charge in [0.15, 0.2) is 0 Å². The van der Waals surface area contributed by atoms with Crippen LogP contribution in [0.4, 0.5) is 4.79 Å². The summed E-state index contributed by atoms with van der Waals surface area (Å²) in [6.07, 6.45) is 2.45. The SMILES string of the molecule is CC(C)(C)OC(=O)NCCCCCn1[se]c2ccccc2c1=O. The van der Waals surface area contributed by atoms with Crippen LogP contribution >= 0.6 is 0 Å². The Balaban J connectivity index is 1.68. The molecule has 1 heterocycles. The molecule has 0 spiro atoms. The maximum atomic E-state index is 12.2. The van der Waals surface area contributed by atoms with E-state index in [2.05, 4.69) is 5.32 Å². The second kappa shape index (κ2) is 7.84. The number of ether oxygens (including phenoxy) is 1. The summed E-state index contributed by atoms with van der Waals surface area (Å²) in [5.41, 5.74) is -0.301. The Morgan fingerprint density at radius 1 is 1.22 bits per heavy atom. The van der Waals surface area contributed by atoms with Gasteiger partial charge in [0.1, 0.15) is 0 Å².